The molecule has 6 heteroatoms. The third kappa shape index (κ3) is 1.46. The van der Waals surface area contributed by atoms with Crippen molar-refractivity contribution in [3.63, 3.8) is 0 Å². The average Bonchev–Trinajstić information content (AvgIpc) is 3.01. The number of nitrogens with zero attached hydrogens (tertiary/aromatic N) is 4. The van der Waals surface area contributed by atoms with Crippen LogP contribution in [0.15, 0.2) is 47.3 Å². The Morgan fingerprint density at radius 1 is 1.16 bits per heavy atom. The Bertz CT molecular complexity index is 892. The Kier molecular flexibility index (Phi) is 1.88. The van der Waals surface area contributed by atoms with Crippen LogP contribution in [0, 0.1) is 0 Å². The summed E-state index contributed by atoms with van der Waals surface area (Å²) >= 11 is 0. The Hall–Kier alpha value is -2.89. The molecule has 0 radical (unpaired) electrons. The molecule has 0 saturated heterocycles. The fraction of sp³-hybridized carbons (Fsp3) is 0. The van der Waals surface area contributed by atoms with Gasteiger partial charge in [0.25, 0.3) is 6.01 Å². The van der Waals surface area contributed by atoms with E-state index in [-0.39, 0.29) is 6.01 Å². The zero-order valence-corrected chi connectivity index (χ0v) is 9.82. The van der Waals surface area contributed by atoms with Crippen molar-refractivity contribution < 1.29 is 4.42 Å². The second-order valence-corrected chi connectivity index (χ2v) is 4.17. The number of benzene rings is 1. The molecule has 0 aliphatic carbocycles. The summed E-state index contributed by atoms with van der Waals surface area (Å²) in [5.41, 5.74) is 9.68. The quantitative estimate of drug-likeness (QED) is 0.560. The summed E-state index contributed by atoms with van der Waals surface area (Å²) in [5, 5.41) is 4.19. The van der Waals surface area contributed by atoms with Crippen LogP contribution in [-0.2, 0) is 0 Å². The Labute approximate surface area is 107 Å². The van der Waals surface area contributed by atoms with Gasteiger partial charge in [0.2, 0.25) is 0 Å². The van der Waals surface area contributed by atoms with Crippen LogP contribution in [0.25, 0.3) is 27.9 Å². The number of aromatic nitrogens is 4. The molecule has 3 aromatic heterocycles. The summed E-state index contributed by atoms with van der Waals surface area (Å²) in [7, 11) is 0. The normalized spacial score (nSPS) is 11.4. The van der Waals surface area contributed by atoms with Crippen LogP contribution in [0.3, 0.4) is 0 Å². The lowest BCUT2D eigenvalue weighted by atomic mass is 10.1. The molecule has 6 nitrogen and oxygen atoms in total. The summed E-state index contributed by atoms with van der Waals surface area (Å²) < 4.78 is 7.04. The number of rotatable bonds is 1. The van der Waals surface area contributed by atoms with Gasteiger partial charge >= 0.3 is 0 Å². The molecule has 0 saturated carbocycles. The minimum Gasteiger partial charge on any atom is -0.424 e. The molecule has 2 N–H and O–H groups in total. The van der Waals surface area contributed by atoms with Crippen LogP contribution in [0.2, 0.25) is 0 Å². The number of oxazole rings is 1. The Morgan fingerprint density at radius 3 is 3.05 bits per heavy atom. The highest BCUT2D eigenvalue weighted by atomic mass is 16.4. The maximum Gasteiger partial charge on any atom is 0.292 e. The summed E-state index contributed by atoms with van der Waals surface area (Å²) in [6.45, 7) is 0. The van der Waals surface area contributed by atoms with Gasteiger partial charge in [0.05, 0.1) is 17.4 Å². The van der Waals surface area contributed by atoms with Gasteiger partial charge < -0.3 is 10.2 Å². The molecule has 0 spiro atoms. The van der Waals surface area contributed by atoms with Crippen LogP contribution in [0.5, 0.6) is 0 Å². The maximum absolute atomic E-state index is 5.55. The fourth-order valence-electron chi connectivity index (χ4n) is 2.17. The minimum absolute atomic E-state index is 0.169. The molecule has 4 aromatic rings. The average molecular weight is 251 g/mol. The first-order chi connectivity index (χ1) is 9.31. The number of fused-ring (bicyclic) bond motifs is 2. The van der Waals surface area contributed by atoms with Gasteiger partial charge in [0, 0.05) is 18.0 Å². The fourth-order valence-corrected chi connectivity index (χ4v) is 2.17. The zero-order chi connectivity index (χ0) is 12.8. The van der Waals surface area contributed by atoms with Gasteiger partial charge in [-0.15, -0.1) is 0 Å². The van der Waals surface area contributed by atoms with E-state index in [1.54, 1.807) is 16.9 Å². The molecule has 0 unspecified atom stereocenters. The first-order valence-electron chi connectivity index (χ1n) is 5.76. The summed E-state index contributed by atoms with van der Waals surface area (Å²) in [4.78, 5) is 8.54. The van der Waals surface area contributed by atoms with Gasteiger partial charge in [-0.05, 0) is 24.3 Å². The monoisotopic (exact) mass is 251 g/mol. The van der Waals surface area contributed by atoms with Crippen molar-refractivity contribution in [2.75, 3.05) is 5.73 Å². The predicted octanol–water partition coefficient (Wildman–Crippen LogP) is 2.12. The molecular formula is C13H9N5O. The van der Waals surface area contributed by atoms with E-state index in [1.165, 1.54) is 0 Å². The van der Waals surface area contributed by atoms with Crippen LogP contribution in [0.4, 0.5) is 6.01 Å². The van der Waals surface area contributed by atoms with E-state index in [0.29, 0.717) is 5.58 Å². The van der Waals surface area contributed by atoms with Crippen molar-refractivity contribution in [3.8, 4) is 11.3 Å². The number of hydrogen-bond donors (Lipinski definition) is 1. The Balaban J connectivity index is 2.00. The first-order valence-corrected chi connectivity index (χ1v) is 5.76. The van der Waals surface area contributed by atoms with E-state index in [1.807, 2.05) is 30.5 Å². The van der Waals surface area contributed by atoms with Crippen LogP contribution in [0.1, 0.15) is 0 Å². The van der Waals surface area contributed by atoms with E-state index in [0.717, 1.165) is 22.3 Å². The summed E-state index contributed by atoms with van der Waals surface area (Å²) in [5.74, 6) is 0. The van der Waals surface area contributed by atoms with Gasteiger partial charge in [0.1, 0.15) is 5.52 Å². The second kappa shape index (κ2) is 3.55. The highest BCUT2D eigenvalue weighted by Crippen LogP contribution is 2.26. The lowest BCUT2D eigenvalue weighted by Gasteiger charge is -2.02. The van der Waals surface area contributed by atoms with E-state index in [9.17, 15) is 0 Å². The molecule has 0 aliphatic heterocycles. The topological polar surface area (TPSA) is 82.2 Å². The first kappa shape index (κ1) is 10.1. The lowest BCUT2D eigenvalue weighted by molar-refractivity contribution is 0.626. The second-order valence-electron chi connectivity index (χ2n) is 4.17. The van der Waals surface area contributed by atoms with E-state index >= 15 is 0 Å². The minimum atomic E-state index is 0.169. The van der Waals surface area contributed by atoms with Crippen LogP contribution >= 0.6 is 0 Å². The maximum atomic E-state index is 5.55. The smallest absolute Gasteiger partial charge is 0.292 e. The third-order valence-electron chi connectivity index (χ3n) is 3.00. The van der Waals surface area contributed by atoms with Crippen LogP contribution in [-0.4, -0.2) is 19.6 Å². The van der Waals surface area contributed by atoms with Gasteiger partial charge in [-0.1, -0.05) is 0 Å². The molecular weight excluding hydrogens is 242 g/mol. The molecule has 0 atom stereocenters. The third-order valence-corrected chi connectivity index (χ3v) is 3.00. The standard InChI is InChI=1S/C13H9N5O/c14-13-17-9-7-8(1-2-11(9)19-13)12-10-3-4-16-18(10)6-5-15-12/h1-7H,(H2,14,17). The zero-order valence-electron chi connectivity index (χ0n) is 9.82. The largest absolute Gasteiger partial charge is 0.424 e. The van der Waals surface area contributed by atoms with E-state index in [4.69, 9.17) is 10.2 Å². The number of anilines is 1. The molecule has 19 heavy (non-hydrogen) atoms. The molecule has 92 valence electrons. The summed E-state index contributed by atoms with van der Waals surface area (Å²) in [6.07, 6.45) is 5.27. The predicted molar refractivity (Wildman–Crippen MR) is 70.4 cm³/mol. The molecule has 4 rings (SSSR count). The Morgan fingerprint density at radius 2 is 2.11 bits per heavy atom. The molecule has 0 bridgehead atoms. The molecule has 0 fully saturated rings. The van der Waals surface area contributed by atoms with E-state index in [2.05, 4.69) is 15.1 Å². The van der Waals surface area contributed by atoms with Crippen molar-refractivity contribution in [2.45, 2.75) is 0 Å². The van der Waals surface area contributed by atoms with Gasteiger partial charge in [0.15, 0.2) is 5.58 Å². The van der Waals surface area contributed by atoms with Crippen LogP contribution < -0.4 is 5.73 Å². The number of nitrogens with two attached hydrogens (primary N) is 1. The van der Waals surface area contributed by atoms with Gasteiger partial charge in [-0.3, -0.25) is 4.98 Å². The lowest BCUT2D eigenvalue weighted by Crippen LogP contribution is -1.91. The van der Waals surface area contributed by atoms with Crippen molar-refractivity contribution in [1.82, 2.24) is 19.6 Å². The SMILES string of the molecule is Nc1nc2cc(-c3nccn4nccc34)ccc2o1. The molecule has 0 aliphatic rings. The van der Waals surface area contributed by atoms with Crippen molar-refractivity contribution in [2.24, 2.45) is 0 Å². The van der Waals surface area contributed by atoms with Crippen molar-refractivity contribution in [3.05, 3.63) is 42.9 Å². The number of hydrogen-bond acceptors (Lipinski definition) is 5. The van der Waals surface area contributed by atoms with E-state index < -0.39 is 0 Å². The van der Waals surface area contributed by atoms with Gasteiger partial charge in [-0.2, -0.15) is 10.1 Å². The highest BCUT2D eigenvalue weighted by molar-refractivity contribution is 5.84. The molecule has 3 heterocycles. The highest BCUT2D eigenvalue weighted by Gasteiger charge is 2.09. The van der Waals surface area contributed by atoms with Gasteiger partial charge in [-0.25, -0.2) is 4.52 Å². The number of nitrogen functional groups attached to an aromatic ring is 1. The van der Waals surface area contributed by atoms with Crippen molar-refractivity contribution >= 4 is 22.6 Å². The molecule has 0 amide bonds. The van der Waals surface area contributed by atoms with Crippen molar-refractivity contribution in [1.29, 1.82) is 0 Å². The summed E-state index contributed by atoms with van der Waals surface area (Å²) in [6, 6.07) is 7.77. The molecule has 1 aromatic carbocycles.